The molecule has 0 heterocycles. The van der Waals surface area contributed by atoms with Crippen LogP contribution in [0.5, 0.6) is 0 Å². The Morgan fingerprint density at radius 3 is 2.80 bits per heavy atom. The van der Waals surface area contributed by atoms with Crippen LogP contribution < -0.4 is 0 Å². The number of hydrogen-bond donors (Lipinski definition) is 1. The maximum atomic E-state index is 11.4. The van der Waals surface area contributed by atoms with Gasteiger partial charge in [-0.15, -0.1) is 0 Å². The molecule has 3 unspecified atom stereocenters. The summed E-state index contributed by atoms with van der Waals surface area (Å²) in [4.78, 5) is 11.4. The number of aliphatic carboxylic acids is 1. The quantitative estimate of drug-likeness (QED) is 0.756. The molecule has 2 heteroatoms. The first kappa shape index (κ1) is 8.72. The van der Waals surface area contributed by atoms with Crippen LogP contribution in [-0.2, 0) is 4.79 Å². The highest BCUT2D eigenvalue weighted by Crippen LogP contribution is 2.75. The van der Waals surface area contributed by atoms with E-state index in [1.54, 1.807) is 0 Å². The van der Waals surface area contributed by atoms with Crippen molar-refractivity contribution < 1.29 is 9.90 Å². The summed E-state index contributed by atoms with van der Waals surface area (Å²) in [5, 5.41) is 9.37. The van der Waals surface area contributed by atoms with Gasteiger partial charge in [0.2, 0.25) is 0 Å². The van der Waals surface area contributed by atoms with Crippen molar-refractivity contribution >= 4 is 11.5 Å². The van der Waals surface area contributed by atoms with Crippen molar-refractivity contribution in [3.8, 4) is 0 Å². The highest BCUT2D eigenvalue weighted by atomic mass is 16.4. The van der Waals surface area contributed by atoms with E-state index in [1.165, 1.54) is 0 Å². The first-order valence-electron chi connectivity index (χ1n) is 5.14. The lowest BCUT2D eigenvalue weighted by molar-refractivity contribution is -0.141. The number of hydrogen-bond acceptors (Lipinski definition) is 1. The minimum Gasteiger partial charge on any atom is -0.481 e. The van der Waals surface area contributed by atoms with Crippen LogP contribution in [0.25, 0.3) is 5.57 Å². The van der Waals surface area contributed by atoms with Crippen molar-refractivity contribution in [2.45, 2.75) is 12.8 Å². The molecule has 0 amide bonds. The Bertz CT molecular complexity index is 489. The third-order valence-corrected chi connectivity index (χ3v) is 4.07. The van der Waals surface area contributed by atoms with Crippen LogP contribution in [0.1, 0.15) is 24.0 Å². The van der Waals surface area contributed by atoms with E-state index >= 15 is 0 Å². The summed E-state index contributed by atoms with van der Waals surface area (Å²) in [6.45, 7) is 5.98. The molecular weight excluding hydrogens is 188 g/mol. The van der Waals surface area contributed by atoms with Crippen LogP contribution in [-0.4, -0.2) is 11.1 Å². The zero-order chi connectivity index (χ0) is 10.8. The highest BCUT2D eigenvalue weighted by molar-refractivity contribution is 6.02. The van der Waals surface area contributed by atoms with Crippen molar-refractivity contribution in [2.24, 2.45) is 11.3 Å². The molecule has 0 aromatic heterocycles. The van der Waals surface area contributed by atoms with E-state index in [0.29, 0.717) is 0 Å². The second-order valence-electron chi connectivity index (χ2n) is 4.51. The molecule has 1 fully saturated rings. The minimum absolute atomic E-state index is 0.152. The summed E-state index contributed by atoms with van der Waals surface area (Å²) in [5.74, 6) is -0.378. The van der Waals surface area contributed by atoms with Crippen LogP contribution in [0.2, 0.25) is 0 Å². The lowest BCUT2D eigenvalue weighted by atomic mass is 9.92. The molecule has 1 aromatic rings. The summed E-state index contributed by atoms with van der Waals surface area (Å²) < 4.78 is 0. The van der Waals surface area contributed by atoms with Gasteiger partial charge >= 0.3 is 5.97 Å². The summed E-state index contributed by atoms with van der Waals surface area (Å²) in [6, 6.07) is 7.91. The second kappa shape index (κ2) is 2.32. The fourth-order valence-corrected chi connectivity index (χ4v) is 3.26. The van der Waals surface area contributed by atoms with E-state index in [9.17, 15) is 9.90 Å². The Kier molecular flexibility index (Phi) is 1.35. The fourth-order valence-electron chi connectivity index (χ4n) is 3.26. The standard InChI is InChI=1S/C13H12O2/c1-7-9-5-3-4-6-10(9)11-8(2)13(7,11)12(14)15/h3-6,8,11H,1H2,2H3,(H,14,15). The number of carboxylic acids is 1. The van der Waals surface area contributed by atoms with Gasteiger partial charge < -0.3 is 5.11 Å². The van der Waals surface area contributed by atoms with Crippen LogP contribution in [0, 0.1) is 11.3 Å². The van der Waals surface area contributed by atoms with Gasteiger partial charge in [0.15, 0.2) is 0 Å². The predicted molar refractivity (Wildman–Crippen MR) is 57.4 cm³/mol. The Hall–Kier alpha value is -1.57. The van der Waals surface area contributed by atoms with Gasteiger partial charge in [-0.25, -0.2) is 0 Å². The second-order valence-corrected chi connectivity index (χ2v) is 4.51. The molecule has 0 radical (unpaired) electrons. The number of fused-ring (bicyclic) bond motifs is 3. The summed E-state index contributed by atoms with van der Waals surface area (Å²) in [7, 11) is 0. The summed E-state index contributed by atoms with van der Waals surface area (Å²) in [5.41, 5.74) is 2.31. The molecule has 1 N–H and O–H groups in total. The molecule has 15 heavy (non-hydrogen) atoms. The van der Waals surface area contributed by atoms with Crippen LogP contribution in [0.4, 0.5) is 0 Å². The zero-order valence-electron chi connectivity index (χ0n) is 8.53. The highest BCUT2D eigenvalue weighted by Gasteiger charge is 2.73. The molecule has 0 bridgehead atoms. The molecule has 2 aliphatic carbocycles. The van der Waals surface area contributed by atoms with Crippen molar-refractivity contribution in [1.29, 1.82) is 0 Å². The maximum absolute atomic E-state index is 11.4. The van der Waals surface area contributed by atoms with E-state index in [0.717, 1.165) is 16.7 Å². The van der Waals surface area contributed by atoms with Crippen molar-refractivity contribution in [1.82, 2.24) is 0 Å². The number of carboxylic acid groups (broad SMARTS) is 1. The lowest BCUT2D eigenvalue weighted by Crippen LogP contribution is -2.17. The van der Waals surface area contributed by atoms with Gasteiger partial charge in [0.1, 0.15) is 5.41 Å². The van der Waals surface area contributed by atoms with E-state index in [2.05, 4.69) is 6.58 Å². The Labute approximate surface area is 88.2 Å². The Morgan fingerprint density at radius 1 is 1.47 bits per heavy atom. The van der Waals surface area contributed by atoms with Gasteiger partial charge in [0, 0.05) is 5.92 Å². The van der Waals surface area contributed by atoms with E-state index in [-0.39, 0.29) is 11.8 Å². The number of rotatable bonds is 1. The fraction of sp³-hybridized carbons (Fsp3) is 0.308. The van der Waals surface area contributed by atoms with Crippen LogP contribution in [0.15, 0.2) is 30.8 Å². The average molecular weight is 200 g/mol. The van der Waals surface area contributed by atoms with Gasteiger partial charge in [-0.05, 0) is 22.6 Å². The monoisotopic (exact) mass is 200 g/mol. The molecule has 0 saturated heterocycles. The minimum atomic E-state index is -0.721. The normalized spacial score (nSPS) is 35.9. The van der Waals surface area contributed by atoms with E-state index in [1.807, 2.05) is 31.2 Å². The third kappa shape index (κ3) is 0.717. The first-order chi connectivity index (χ1) is 7.11. The smallest absolute Gasteiger partial charge is 0.315 e. The van der Waals surface area contributed by atoms with E-state index < -0.39 is 11.4 Å². The van der Waals surface area contributed by atoms with Crippen LogP contribution in [0.3, 0.4) is 0 Å². The van der Waals surface area contributed by atoms with Gasteiger partial charge in [-0.1, -0.05) is 37.8 Å². The molecule has 76 valence electrons. The molecule has 3 rings (SSSR count). The molecule has 3 atom stereocenters. The Morgan fingerprint density at radius 2 is 2.13 bits per heavy atom. The molecule has 0 aliphatic heterocycles. The van der Waals surface area contributed by atoms with Gasteiger partial charge in [0.25, 0.3) is 0 Å². The maximum Gasteiger partial charge on any atom is 0.315 e. The molecule has 1 aromatic carbocycles. The SMILES string of the molecule is C=C1c2ccccc2C2C(C)C12C(=O)O. The third-order valence-electron chi connectivity index (χ3n) is 4.07. The predicted octanol–water partition coefficient (Wildman–Crippen LogP) is 2.52. The molecule has 0 spiro atoms. The molecule has 2 aliphatic rings. The molecular formula is C13H12O2. The summed E-state index contributed by atoms with van der Waals surface area (Å²) in [6.07, 6.45) is 0. The lowest BCUT2D eigenvalue weighted by Gasteiger charge is -2.11. The molecule has 1 saturated carbocycles. The van der Waals surface area contributed by atoms with Crippen LogP contribution >= 0.6 is 0 Å². The van der Waals surface area contributed by atoms with Crippen molar-refractivity contribution in [3.63, 3.8) is 0 Å². The van der Waals surface area contributed by atoms with Gasteiger partial charge in [-0.2, -0.15) is 0 Å². The number of carbonyl (C=O) groups is 1. The van der Waals surface area contributed by atoms with Gasteiger partial charge in [0.05, 0.1) is 0 Å². The average Bonchev–Trinajstić information content (AvgIpc) is 2.74. The van der Waals surface area contributed by atoms with Gasteiger partial charge in [-0.3, -0.25) is 4.79 Å². The zero-order valence-corrected chi connectivity index (χ0v) is 8.53. The van der Waals surface area contributed by atoms with E-state index in [4.69, 9.17) is 0 Å². The molecule has 2 nitrogen and oxygen atoms in total. The summed E-state index contributed by atoms with van der Waals surface area (Å²) >= 11 is 0. The number of benzene rings is 1. The Balaban J connectivity index is 2.23. The van der Waals surface area contributed by atoms with Crippen molar-refractivity contribution in [3.05, 3.63) is 42.0 Å². The topological polar surface area (TPSA) is 37.3 Å². The largest absolute Gasteiger partial charge is 0.481 e. The van der Waals surface area contributed by atoms with Crippen molar-refractivity contribution in [2.75, 3.05) is 0 Å². The first-order valence-corrected chi connectivity index (χ1v) is 5.14.